The highest BCUT2D eigenvalue weighted by Crippen LogP contribution is 2.20. The second kappa shape index (κ2) is 3.66. The van der Waals surface area contributed by atoms with Crippen molar-refractivity contribution in [1.29, 1.82) is 0 Å². The Bertz CT molecular complexity index is 434. The average molecular weight is 210 g/mol. The fourth-order valence-corrected chi connectivity index (χ4v) is 1.95. The molecule has 1 aliphatic heterocycles. The Morgan fingerprint density at radius 3 is 2.67 bits per heavy atom. The average Bonchev–Trinajstić information content (AvgIpc) is 2.63. The summed E-state index contributed by atoms with van der Waals surface area (Å²) in [6, 6.07) is 0.243. The van der Waals surface area contributed by atoms with Crippen LogP contribution in [0.3, 0.4) is 0 Å². The fourth-order valence-electron chi connectivity index (χ4n) is 1.95. The van der Waals surface area contributed by atoms with Crippen molar-refractivity contribution in [1.82, 2.24) is 4.90 Å². The van der Waals surface area contributed by atoms with E-state index in [1.54, 1.807) is 0 Å². The molecule has 82 valence electrons. The minimum atomic E-state index is -0.522. The molecule has 1 aliphatic rings. The van der Waals surface area contributed by atoms with Crippen molar-refractivity contribution in [3.8, 4) is 5.75 Å². The minimum absolute atomic E-state index is 0.176. The van der Waals surface area contributed by atoms with Crippen LogP contribution >= 0.6 is 0 Å². The van der Waals surface area contributed by atoms with Crippen LogP contribution in [0, 0.1) is 0 Å². The monoisotopic (exact) mass is 210 g/mol. The number of nitrogens with one attached hydrogen (secondary N) is 1. The third kappa shape index (κ3) is 1.63. The largest absolute Gasteiger partial charge is 0.491 e. The van der Waals surface area contributed by atoms with E-state index < -0.39 is 10.9 Å². The Hall–Kier alpha value is -1.36. The van der Waals surface area contributed by atoms with Gasteiger partial charge in [0.25, 0.3) is 10.9 Å². The van der Waals surface area contributed by atoms with Crippen LogP contribution < -0.4 is 20.9 Å². The summed E-state index contributed by atoms with van der Waals surface area (Å²) >= 11 is 0. The van der Waals surface area contributed by atoms with Crippen molar-refractivity contribution >= 4 is 5.69 Å². The van der Waals surface area contributed by atoms with Gasteiger partial charge in [-0.15, -0.1) is 0 Å². The number of rotatable bonds is 3. The zero-order chi connectivity index (χ0) is 11.0. The molecule has 0 bridgehead atoms. The normalized spacial score (nSPS) is 22.1. The van der Waals surface area contributed by atoms with Gasteiger partial charge in [-0.3, -0.25) is 9.59 Å². The number of nitrogens with zero attached hydrogens (tertiary/aromatic N) is 1. The molecule has 0 amide bonds. The van der Waals surface area contributed by atoms with Crippen LogP contribution in [0.4, 0.5) is 5.69 Å². The van der Waals surface area contributed by atoms with Crippen molar-refractivity contribution in [3.05, 3.63) is 20.4 Å². The third-order valence-corrected chi connectivity index (χ3v) is 2.81. The smallest absolute Gasteiger partial charge is 0.271 e. The van der Waals surface area contributed by atoms with Gasteiger partial charge in [0, 0.05) is 12.6 Å². The summed E-state index contributed by atoms with van der Waals surface area (Å²) in [6.45, 7) is 1.90. The molecule has 0 aliphatic carbocycles. The highest BCUT2D eigenvalue weighted by Gasteiger charge is 2.26. The number of hydrogen-bond donors (Lipinski definition) is 1. The number of likely N-dealkylation sites (tertiary alicyclic amines) is 1. The molecule has 1 aromatic carbocycles. The molecule has 15 heavy (non-hydrogen) atoms. The molecule has 2 rings (SSSR count). The van der Waals surface area contributed by atoms with E-state index in [9.17, 15) is 9.59 Å². The van der Waals surface area contributed by atoms with Gasteiger partial charge in [0.15, 0.2) is 5.75 Å². The Morgan fingerprint density at radius 1 is 1.40 bits per heavy atom. The van der Waals surface area contributed by atoms with Gasteiger partial charge < -0.3 is 15.0 Å². The first-order valence-corrected chi connectivity index (χ1v) is 4.96. The second-order valence-corrected chi connectivity index (χ2v) is 3.96. The lowest BCUT2D eigenvalue weighted by Gasteiger charge is -2.16. The summed E-state index contributed by atoms with van der Waals surface area (Å²) < 4.78 is 4.85. The van der Waals surface area contributed by atoms with Crippen molar-refractivity contribution in [2.24, 2.45) is 0 Å². The molecule has 0 aromatic heterocycles. The molecule has 5 heteroatoms. The first kappa shape index (κ1) is 10.2. The van der Waals surface area contributed by atoms with Gasteiger partial charge in [0.1, 0.15) is 5.69 Å². The lowest BCUT2D eigenvalue weighted by atomic mass is 10.2. The highest BCUT2D eigenvalue weighted by atomic mass is 16.5. The van der Waals surface area contributed by atoms with Crippen LogP contribution in [-0.4, -0.2) is 38.2 Å². The standard InChI is InChI=1S/C10H14N2O3/c1-12-4-3-6(5-12)11-7-8(13)9(14)10(7)15-2/h6,11H,3-5H2,1-2H3/t6-/m1/s1. The lowest BCUT2D eigenvalue weighted by Crippen LogP contribution is -2.38. The van der Waals surface area contributed by atoms with Crippen LogP contribution in [0.15, 0.2) is 9.59 Å². The molecule has 0 radical (unpaired) electrons. The van der Waals surface area contributed by atoms with E-state index in [4.69, 9.17) is 4.74 Å². The molecule has 1 aromatic rings. The maximum Gasteiger partial charge on any atom is 0.271 e. The van der Waals surface area contributed by atoms with E-state index in [0.29, 0.717) is 5.69 Å². The topological polar surface area (TPSA) is 58.6 Å². The zero-order valence-corrected chi connectivity index (χ0v) is 8.87. The number of likely N-dealkylation sites (N-methyl/N-ethyl adjacent to an activating group) is 1. The van der Waals surface area contributed by atoms with Gasteiger partial charge in [-0.05, 0) is 20.0 Å². The predicted molar refractivity (Wildman–Crippen MR) is 57.4 cm³/mol. The van der Waals surface area contributed by atoms with E-state index in [2.05, 4.69) is 10.2 Å². The number of anilines is 1. The molecule has 0 saturated carbocycles. The Balaban J connectivity index is 2.09. The van der Waals surface area contributed by atoms with Gasteiger partial charge in [-0.1, -0.05) is 0 Å². The van der Waals surface area contributed by atoms with Crippen LogP contribution in [0.1, 0.15) is 6.42 Å². The molecule has 1 N–H and O–H groups in total. The van der Waals surface area contributed by atoms with Crippen molar-refractivity contribution in [2.45, 2.75) is 12.5 Å². The van der Waals surface area contributed by atoms with Crippen LogP contribution in [0.5, 0.6) is 5.75 Å². The number of hydrogen-bond acceptors (Lipinski definition) is 5. The minimum Gasteiger partial charge on any atom is -0.491 e. The van der Waals surface area contributed by atoms with Gasteiger partial charge in [-0.2, -0.15) is 0 Å². The second-order valence-electron chi connectivity index (χ2n) is 3.96. The molecule has 1 atom stereocenters. The van der Waals surface area contributed by atoms with E-state index in [1.807, 2.05) is 7.05 Å². The maximum atomic E-state index is 11.2. The van der Waals surface area contributed by atoms with E-state index in [1.165, 1.54) is 7.11 Å². The molecule has 1 heterocycles. The Kier molecular flexibility index (Phi) is 2.48. The van der Waals surface area contributed by atoms with Crippen molar-refractivity contribution in [2.75, 3.05) is 32.6 Å². The maximum absolute atomic E-state index is 11.2. The van der Waals surface area contributed by atoms with Gasteiger partial charge in [0.05, 0.1) is 7.11 Å². The molecular weight excluding hydrogens is 196 g/mol. The summed E-state index contributed by atoms with van der Waals surface area (Å²) in [4.78, 5) is 24.5. The Labute approximate surface area is 87.3 Å². The van der Waals surface area contributed by atoms with Crippen molar-refractivity contribution < 1.29 is 4.74 Å². The third-order valence-electron chi connectivity index (χ3n) is 2.81. The van der Waals surface area contributed by atoms with E-state index in [0.717, 1.165) is 19.5 Å². The summed E-state index contributed by atoms with van der Waals surface area (Å²) in [7, 11) is 3.43. The van der Waals surface area contributed by atoms with Gasteiger partial charge in [0.2, 0.25) is 0 Å². The molecule has 0 spiro atoms. The predicted octanol–water partition coefficient (Wildman–Crippen LogP) is -0.593. The van der Waals surface area contributed by atoms with Crippen LogP contribution in [-0.2, 0) is 0 Å². The van der Waals surface area contributed by atoms with Crippen LogP contribution in [0.25, 0.3) is 0 Å². The first-order valence-electron chi connectivity index (χ1n) is 4.96. The SMILES string of the molecule is COc1c(N[C@@H]2CCN(C)C2)c(=O)c1=O. The number of ether oxygens (including phenoxy) is 1. The fraction of sp³-hybridized carbons (Fsp3) is 0.600. The number of methoxy groups -OCH3 is 1. The molecule has 1 fully saturated rings. The lowest BCUT2D eigenvalue weighted by molar-refractivity contribution is 0.404. The molecular formula is C10H14N2O3. The summed E-state index contributed by atoms with van der Waals surface area (Å²) in [5.74, 6) is 0.176. The summed E-state index contributed by atoms with van der Waals surface area (Å²) in [5.41, 5.74) is -0.629. The first-order chi connectivity index (χ1) is 7.13. The van der Waals surface area contributed by atoms with Gasteiger partial charge in [-0.25, -0.2) is 0 Å². The summed E-state index contributed by atoms with van der Waals surface area (Å²) in [6.07, 6.45) is 0.985. The Morgan fingerprint density at radius 2 is 2.13 bits per heavy atom. The van der Waals surface area contributed by atoms with Crippen LogP contribution in [0.2, 0.25) is 0 Å². The highest BCUT2D eigenvalue weighted by molar-refractivity contribution is 5.62. The molecule has 0 unspecified atom stereocenters. The molecule has 1 saturated heterocycles. The zero-order valence-electron chi connectivity index (χ0n) is 8.87. The van der Waals surface area contributed by atoms with E-state index >= 15 is 0 Å². The summed E-state index contributed by atoms with van der Waals surface area (Å²) in [5, 5.41) is 3.07. The quantitative estimate of drug-likeness (QED) is 0.676. The molecule has 5 nitrogen and oxygen atoms in total. The van der Waals surface area contributed by atoms with E-state index in [-0.39, 0.29) is 11.8 Å². The van der Waals surface area contributed by atoms with Crippen molar-refractivity contribution in [3.63, 3.8) is 0 Å². The van der Waals surface area contributed by atoms with Gasteiger partial charge >= 0.3 is 0 Å².